The van der Waals surface area contributed by atoms with Crippen LogP contribution >= 0.6 is 23.2 Å². The van der Waals surface area contributed by atoms with E-state index in [1.165, 1.54) is 24.4 Å². The Labute approximate surface area is 174 Å². The number of alkyl halides is 3. The highest BCUT2D eigenvalue weighted by Crippen LogP contribution is 2.33. The molecule has 0 aliphatic heterocycles. The van der Waals surface area contributed by atoms with Gasteiger partial charge in [0.05, 0.1) is 22.7 Å². The highest BCUT2D eigenvalue weighted by atomic mass is 35.5. The standard InChI is InChI=1S/C20H13Cl2F3N2O2/c21-14-10-15(22)19(26-11-14)29-17-7-2-1-6-16(17)27-18(28)9-12-4-3-5-13(8-12)20(23,24)25/h1-8,10-11H,9H2,(H,27,28). The van der Waals surface area contributed by atoms with Crippen LogP contribution in [0.5, 0.6) is 11.6 Å². The number of halogens is 5. The van der Waals surface area contributed by atoms with Gasteiger partial charge in [0.1, 0.15) is 5.02 Å². The Morgan fingerprint density at radius 2 is 1.83 bits per heavy atom. The molecule has 0 fully saturated rings. The van der Waals surface area contributed by atoms with Gasteiger partial charge in [-0.05, 0) is 29.8 Å². The highest BCUT2D eigenvalue weighted by Gasteiger charge is 2.30. The summed E-state index contributed by atoms with van der Waals surface area (Å²) in [5.41, 5.74) is -0.259. The molecule has 1 aromatic heterocycles. The fourth-order valence-corrected chi connectivity index (χ4v) is 2.90. The normalized spacial score (nSPS) is 11.2. The van der Waals surface area contributed by atoms with E-state index in [1.54, 1.807) is 24.3 Å². The molecular weight excluding hydrogens is 428 g/mol. The van der Waals surface area contributed by atoms with E-state index in [2.05, 4.69) is 10.3 Å². The van der Waals surface area contributed by atoms with Gasteiger partial charge >= 0.3 is 6.18 Å². The summed E-state index contributed by atoms with van der Waals surface area (Å²) < 4.78 is 44.1. The van der Waals surface area contributed by atoms with Crippen LogP contribution in [0.1, 0.15) is 11.1 Å². The first-order valence-corrected chi connectivity index (χ1v) is 9.02. The van der Waals surface area contributed by atoms with Crippen molar-refractivity contribution in [3.8, 4) is 11.6 Å². The summed E-state index contributed by atoms with van der Waals surface area (Å²) in [5.74, 6) is -0.146. The Balaban J connectivity index is 1.75. The van der Waals surface area contributed by atoms with Crippen LogP contribution in [0.15, 0.2) is 60.8 Å². The van der Waals surface area contributed by atoms with Gasteiger partial charge in [0.15, 0.2) is 5.75 Å². The number of aromatic nitrogens is 1. The van der Waals surface area contributed by atoms with Gasteiger partial charge in [0.25, 0.3) is 0 Å². The van der Waals surface area contributed by atoms with Gasteiger partial charge in [0.2, 0.25) is 11.8 Å². The smallest absolute Gasteiger partial charge is 0.416 e. The number of carbonyl (C=O) groups excluding carboxylic acids is 1. The average Bonchev–Trinajstić information content (AvgIpc) is 2.65. The summed E-state index contributed by atoms with van der Waals surface area (Å²) in [6.45, 7) is 0. The van der Waals surface area contributed by atoms with E-state index in [9.17, 15) is 18.0 Å². The number of nitrogens with zero attached hydrogens (tertiary/aromatic N) is 1. The molecule has 2 aromatic carbocycles. The second-order valence-electron chi connectivity index (χ2n) is 5.96. The molecule has 9 heteroatoms. The van der Waals surface area contributed by atoms with E-state index in [-0.39, 0.29) is 28.6 Å². The molecule has 1 N–H and O–H groups in total. The van der Waals surface area contributed by atoms with Gasteiger partial charge in [-0.3, -0.25) is 4.79 Å². The van der Waals surface area contributed by atoms with E-state index >= 15 is 0 Å². The van der Waals surface area contributed by atoms with Gasteiger partial charge in [-0.15, -0.1) is 0 Å². The number of hydrogen-bond donors (Lipinski definition) is 1. The Hall–Kier alpha value is -2.77. The first-order chi connectivity index (χ1) is 13.7. The van der Waals surface area contributed by atoms with Crippen LogP contribution in [0.25, 0.3) is 0 Å². The minimum atomic E-state index is -4.47. The summed E-state index contributed by atoms with van der Waals surface area (Å²) >= 11 is 11.9. The zero-order valence-electron chi connectivity index (χ0n) is 14.6. The molecule has 0 unspecified atom stereocenters. The number of pyridine rings is 1. The number of carbonyl (C=O) groups is 1. The number of anilines is 1. The van der Waals surface area contributed by atoms with E-state index in [1.807, 2.05) is 0 Å². The third kappa shape index (κ3) is 5.62. The predicted molar refractivity (Wildman–Crippen MR) is 105 cm³/mol. The van der Waals surface area contributed by atoms with Crippen molar-refractivity contribution in [2.24, 2.45) is 0 Å². The van der Waals surface area contributed by atoms with Crippen LogP contribution < -0.4 is 10.1 Å². The van der Waals surface area contributed by atoms with Crippen molar-refractivity contribution in [3.63, 3.8) is 0 Å². The lowest BCUT2D eigenvalue weighted by molar-refractivity contribution is -0.137. The van der Waals surface area contributed by atoms with Crippen LogP contribution in [-0.4, -0.2) is 10.9 Å². The summed E-state index contributed by atoms with van der Waals surface area (Å²) in [7, 11) is 0. The lowest BCUT2D eigenvalue weighted by atomic mass is 10.1. The molecule has 0 atom stereocenters. The first-order valence-electron chi connectivity index (χ1n) is 8.26. The number of hydrogen-bond acceptors (Lipinski definition) is 3. The van der Waals surface area contributed by atoms with Crippen LogP contribution in [-0.2, 0) is 17.4 Å². The molecule has 4 nitrogen and oxygen atoms in total. The number of rotatable bonds is 5. The summed E-state index contributed by atoms with van der Waals surface area (Å²) in [5, 5.41) is 3.15. The Bertz CT molecular complexity index is 1040. The Kier molecular flexibility index (Phi) is 6.30. The first kappa shape index (κ1) is 21.0. The monoisotopic (exact) mass is 440 g/mol. The van der Waals surface area contributed by atoms with Crippen molar-refractivity contribution in [2.45, 2.75) is 12.6 Å². The van der Waals surface area contributed by atoms with Crippen molar-refractivity contribution in [3.05, 3.63) is 82.0 Å². The zero-order chi connectivity index (χ0) is 21.0. The van der Waals surface area contributed by atoms with Crippen molar-refractivity contribution >= 4 is 34.8 Å². The third-order valence-electron chi connectivity index (χ3n) is 3.76. The van der Waals surface area contributed by atoms with Crippen molar-refractivity contribution in [2.75, 3.05) is 5.32 Å². The molecule has 0 aliphatic rings. The maximum atomic E-state index is 12.8. The lowest BCUT2D eigenvalue weighted by Crippen LogP contribution is -2.15. The SMILES string of the molecule is O=C(Cc1cccc(C(F)(F)F)c1)Nc1ccccc1Oc1ncc(Cl)cc1Cl. The molecule has 3 rings (SSSR count). The van der Waals surface area contributed by atoms with Gasteiger partial charge in [-0.25, -0.2) is 4.98 Å². The van der Waals surface area contributed by atoms with Crippen molar-refractivity contribution in [1.82, 2.24) is 4.98 Å². The molecule has 150 valence electrons. The van der Waals surface area contributed by atoms with Crippen molar-refractivity contribution in [1.29, 1.82) is 0 Å². The molecule has 1 heterocycles. The summed E-state index contributed by atoms with van der Waals surface area (Å²) in [4.78, 5) is 16.3. The number of amides is 1. The van der Waals surface area contributed by atoms with Crippen LogP contribution in [0, 0.1) is 0 Å². The van der Waals surface area contributed by atoms with E-state index < -0.39 is 17.6 Å². The molecule has 0 spiro atoms. The summed E-state index contributed by atoms with van der Waals surface area (Å²) in [6.07, 6.45) is -3.35. The second kappa shape index (κ2) is 8.71. The average molecular weight is 441 g/mol. The molecule has 0 radical (unpaired) electrons. The molecule has 29 heavy (non-hydrogen) atoms. The molecule has 0 aliphatic carbocycles. The van der Waals surface area contributed by atoms with E-state index in [0.717, 1.165) is 12.1 Å². The van der Waals surface area contributed by atoms with E-state index in [0.29, 0.717) is 10.7 Å². The van der Waals surface area contributed by atoms with Crippen LogP contribution in [0.2, 0.25) is 10.0 Å². The van der Waals surface area contributed by atoms with Crippen LogP contribution in [0.4, 0.5) is 18.9 Å². The fraction of sp³-hybridized carbons (Fsp3) is 0.100. The van der Waals surface area contributed by atoms with Gasteiger partial charge in [-0.2, -0.15) is 13.2 Å². The van der Waals surface area contributed by atoms with Crippen LogP contribution in [0.3, 0.4) is 0 Å². The highest BCUT2D eigenvalue weighted by molar-refractivity contribution is 6.35. The summed E-state index contributed by atoms with van der Waals surface area (Å²) in [6, 6.07) is 12.6. The zero-order valence-corrected chi connectivity index (χ0v) is 16.1. The number of ether oxygens (including phenoxy) is 1. The van der Waals surface area contributed by atoms with Gasteiger partial charge in [0, 0.05) is 6.20 Å². The topological polar surface area (TPSA) is 51.2 Å². The second-order valence-corrected chi connectivity index (χ2v) is 6.81. The predicted octanol–water partition coefficient (Wildman–Crippen LogP) is 6.38. The minimum absolute atomic E-state index is 0.0932. The number of nitrogens with one attached hydrogen (secondary N) is 1. The van der Waals surface area contributed by atoms with Gasteiger partial charge < -0.3 is 10.1 Å². The molecule has 0 saturated carbocycles. The Morgan fingerprint density at radius 1 is 1.07 bits per heavy atom. The number of para-hydroxylation sites is 2. The number of benzene rings is 2. The molecular formula is C20H13Cl2F3N2O2. The quantitative estimate of drug-likeness (QED) is 0.500. The molecule has 3 aromatic rings. The van der Waals surface area contributed by atoms with Crippen molar-refractivity contribution < 1.29 is 22.7 Å². The molecule has 0 bridgehead atoms. The Morgan fingerprint density at radius 3 is 2.55 bits per heavy atom. The minimum Gasteiger partial charge on any atom is -0.435 e. The largest absolute Gasteiger partial charge is 0.435 e. The maximum Gasteiger partial charge on any atom is 0.416 e. The maximum absolute atomic E-state index is 12.8. The van der Waals surface area contributed by atoms with E-state index in [4.69, 9.17) is 27.9 Å². The molecule has 1 amide bonds. The third-order valence-corrected chi connectivity index (χ3v) is 4.24. The molecule has 0 saturated heterocycles. The fourth-order valence-electron chi connectivity index (χ4n) is 2.48. The van der Waals surface area contributed by atoms with Gasteiger partial charge in [-0.1, -0.05) is 53.5 Å². The lowest BCUT2D eigenvalue weighted by Gasteiger charge is -2.13.